The van der Waals surface area contributed by atoms with Crippen LogP contribution < -0.4 is 5.32 Å². The van der Waals surface area contributed by atoms with E-state index >= 15 is 0 Å². The van der Waals surface area contributed by atoms with E-state index in [4.69, 9.17) is 11.6 Å². The number of carbonyl (C=O) groups excluding carboxylic acids is 1. The second-order valence-electron chi connectivity index (χ2n) is 8.19. The molecule has 1 atom stereocenters. The Kier molecular flexibility index (Phi) is 4.66. The van der Waals surface area contributed by atoms with Crippen molar-refractivity contribution in [2.45, 2.75) is 38.0 Å². The molecule has 4 heterocycles. The number of pyridine rings is 1. The predicted molar refractivity (Wildman–Crippen MR) is 111 cm³/mol. The van der Waals surface area contributed by atoms with Crippen LogP contribution in [-0.4, -0.2) is 40.5 Å². The van der Waals surface area contributed by atoms with Crippen LogP contribution >= 0.6 is 11.6 Å². The highest BCUT2D eigenvalue weighted by Gasteiger charge is 2.43. The zero-order valence-electron chi connectivity index (χ0n) is 17.0. The average molecular weight is 459 g/mol. The summed E-state index contributed by atoms with van der Waals surface area (Å²) in [6.45, 7) is 4.02. The summed E-state index contributed by atoms with van der Waals surface area (Å²) >= 11 is 6.04. The molecule has 0 unspecified atom stereocenters. The molecule has 4 aromatic heterocycles. The number of rotatable bonds is 4. The summed E-state index contributed by atoms with van der Waals surface area (Å²) in [5, 5.41) is 15.0. The summed E-state index contributed by atoms with van der Waals surface area (Å²) in [5.74, 6) is -0.983. The maximum absolute atomic E-state index is 13.6. The zero-order chi connectivity index (χ0) is 22.6. The van der Waals surface area contributed by atoms with Gasteiger partial charge in [0, 0.05) is 23.2 Å². The smallest absolute Gasteiger partial charge is 0.267 e. The Morgan fingerprint density at radius 3 is 2.69 bits per heavy atom. The number of hydrogen-bond acceptors (Lipinski definition) is 6. The van der Waals surface area contributed by atoms with Crippen molar-refractivity contribution in [1.82, 2.24) is 34.6 Å². The van der Waals surface area contributed by atoms with Crippen LogP contribution in [0.15, 0.2) is 36.9 Å². The quantitative estimate of drug-likeness (QED) is 0.500. The minimum atomic E-state index is -2.83. The number of aromatic nitrogens is 7. The Hall–Kier alpha value is -3.47. The van der Waals surface area contributed by atoms with Gasteiger partial charge in [-0.05, 0) is 12.5 Å². The summed E-state index contributed by atoms with van der Waals surface area (Å²) in [6.07, 6.45) is 3.35. The van der Waals surface area contributed by atoms with Crippen LogP contribution in [0.4, 0.5) is 14.5 Å². The van der Waals surface area contributed by atoms with E-state index in [1.807, 2.05) is 13.8 Å². The van der Waals surface area contributed by atoms with Crippen molar-refractivity contribution >= 4 is 28.8 Å². The second-order valence-corrected chi connectivity index (χ2v) is 8.57. The topological polar surface area (TPSA) is 103 Å². The van der Waals surface area contributed by atoms with Crippen molar-refractivity contribution in [3.8, 4) is 5.82 Å². The van der Waals surface area contributed by atoms with E-state index in [-0.39, 0.29) is 28.4 Å². The fraction of sp³-hybridized carbons (Fsp3) is 0.300. The molecule has 0 radical (unpaired) electrons. The molecule has 164 valence electrons. The largest absolute Gasteiger partial charge is 0.324 e. The zero-order valence-corrected chi connectivity index (χ0v) is 17.8. The standard InChI is InChI=1S/C20H17ClF2N8O/c1-20(2)7-12(13-9-24-15-6-14(21)29-30(15)16(13)20)19(32)28-10-5-11(17(22)23)18(25-8-10)31-26-3-4-27-31/h3-6,8-9,12,17H,7H2,1-2H3,(H,28,32)/t12-/m0/s1. The lowest BCUT2D eigenvalue weighted by Gasteiger charge is -2.19. The van der Waals surface area contributed by atoms with Crippen LogP contribution in [0, 0.1) is 0 Å². The molecule has 12 heteroatoms. The third-order valence-corrected chi connectivity index (χ3v) is 5.72. The minimum Gasteiger partial charge on any atom is -0.324 e. The first-order chi connectivity index (χ1) is 15.2. The fourth-order valence-corrected chi connectivity index (χ4v) is 4.40. The maximum Gasteiger partial charge on any atom is 0.267 e. The Morgan fingerprint density at radius 1 is 1.22 bits per heavy atom. The molecule has 1 aliphatic carbocycles. The first-order valence-electron chi connectivity index (χ1n) is 9.75. The molecule has 1 aliphatic rings. The van der Waals surface area contributed by atoms with Crippen molar-refractivity contribution in [1.29, 1.82) is 0 Å². The van der Waals surface area contributed by atoms with Crippen LogP contribution in [0.3, 0.4) is 0 Å². The van der Waals surface area contributed by atoms with Crippen LogP contribution in [0.5, 0.6) is 0 Å². The van der Waals surface area contributed by atoms with E-state index in [1.54, 1.807) is 16.8 Å². The molecule has 32 heavy (non-hydrogen) atoms. The molecule has 0 aliphatic heterocycles. The van der Waals surface area contributed by atoms with Crippen LogP contribution in [0.25, 0.3) is 11.5 Å². The van der Waals surface area contributed by atoms with Gasteiger partial charge in [0.25, 0.3) is 6.43 Å². The van der Waals surface area contributed by atoms with Gasteiger partial charge < -0.3 is 5.32 Å². The summed E-state index contributed by atoms with van der Waals surface area (Å²) in [7, 11) is 0. The number of fused-ring (bicyclic) bond motifs is 3. The van der Waals surface area contributed by atoms with E-state index in [9.17, 15) is 13.6 Å². The number of halogens is 3. The summed E-state index contributed by atoms with van der Waals surface area (Å²) < 4.78 is 28.9. The molecule has 0 bridgehead atoms. The highest BCUT2D eigenvalue weighted by Crippen LogP contribution is 2.46. The molecule has 0 saturated carbocycles. The molecule has 0 spiro atoms. The van der Waals surface area contributed by atoms with Gasteiger partial charge in [0.2, 0.25) is 5.91 Å². The Labute approximate surface area is 185 Å². The van der Waals surface area contributed by atoms with Gasteiger partial charge in [-0.3, -0.25) is 4.79 Å². The van der Waals surface area contributed by atoms with Crippen molar-refractivity contribution in [3.63, 3.8) is 0 Å². The molecule has 9 nitrogen and oxygen atoms in total. The monoisotopic (exact) mass is 458 g/mol. The number of nitrogens with zero attached hydrogens (tertiary/aromatic N) is 7. The lowest BCUT2D eigenvalue weighted by molar-refractivity contribution is -0.117. The number of nitrogens with one attached hydrogen (secondary N) is 1. The molecule has 1 amide bonds. The Bertz CT molecular complexity index is 1340. The average Bonchev–Trinajstić information content (AvgIpc) is 3.45. The van der Waals surface area contributed by atoms with E-state index in [0.717, 1.165) is 16.1 Å². The second kappa shape index (κ2) is 7.30. The van der Waals surface area contributed by atoms with E-state index < -0.39 is 12.3 Å². The summed E-state index contributed by atoms with van der Waals surface area (Å²) in [5.41, 5.74) is 1.55. The lowest BCUT2D eigenvalue weighted by atomic mass is 9.88. The predicted octanol–water partition coefficient (Wildman–Crippen LogP) is 3.70. The SMILES string of the molecule is CC1(C)C[C@H](C(=O)Nc2cnc(-n3nccn3)c(C(F)F)c2)c2cnc3cc(Cl)nn3c21. The van der Waals surface area contributed by atoms with Gasteiger partial charge in [0.15, 0.2) is 16.6 Å². The van der Waals surface area contributed by atoms with Crippen LogP contribution in [-0.2, 0) is 10.2 Å². The van der Waals surface area contributed by atoms with E-state index in [1.165, 1.54) is 24.7 Å². The van der Waals surface area contributed by atoms with E-state index in [2.05, 4.69) is 30.6 Å². The highest BCUT2D eigenvalue weighted by atomic mass is 35.5. The Balaban J connectivity index is 1.48. The summed E-state index contributed by atoms with van der Waals surface area (Å²) in [4.78, 5) is 22.6. The van der Waals surface area contributed by atoms with E-state index in [0.29, 0.717) is 17.2 Å². The molecule has 1 N–H and O–H groups in total. The molecule has 0 saturated heterocycles. The van der Waals surface area contributed by atoms with Gasteiger partial charge in [-0.25, -0.2) is 23.3 Å². The van der Waals surface area contributed by atoms with Gasteiger partial charge in [-0.15, -0.1) is 4.80 Å². The van der Waals surface area contributed by atoms with Crippen molar-refractivity contribution < 1.29 is 13.6 Å². The number of anilines is 1. The van der Waals surface area contributed by atoms with Crippen LogP contribution in [0.2, 0.25) is 5.15 Å². The fourth-order valence-electron chi connectivity index (χ4n) is 4.23. The molecular weight excluding hydrogens is 442 g/mol. The molecule has 0 fully saturated rings. The molecular formula is C20H17ClF2N8O. The van der Waals surface area contributed by atoms with Crippen molar-refractivity contribution in [2.24, 2.45) is 0 Å². The first-order valence-corrected chi connectivity index (χ1v) is 10.1. The highest BCUT2D eigenvalue weighted by molar-refractivity contribution is 6.29. The lowest BCUT2D eigenvalue weighted by Crippen LogP contribution is -2.22. The molecule has 4 aromatic rings. The third-order valence-electron chi connectivity index (χ3n) is 5.54. The van der Waals surface area contributed by atoms with Gasteiger partial charge in [-0.1, -0.05) is 25.4 Å². The number of alkyl halides is 2. The first kappa shape index (κ1) is 20.4. The van der Waals surface area contributed by atoms with Gasteiger partial charge >= 0.3 is 0 Å². The van der Waals surface area contributed by atoms with Crippen LogP contribution in [0.1, 0.15) is 49.4 Å². The third kappa shape index (κ3) is 3.29. The normalized spacial score (nSPS) is 17.1. The number of carbonyl (C=O) groups is 1. The maximum atomic E-state index is 13.6. The molecule has 5 rings (SSSR count). The van der Waals surface area contributed by atoms with Gasteiger partial charge in [-0.2, -0.15) is 15.3 Å². The molecule has 0 aromatic carbocycles. The minimum absolute atomic E-state index is 0.0995. The number of hydrogen-bond donors (Lipinski definition) is 1. The Morgan fingerprint density at radius 2 is 1.97 bits per heavy atom. The van der Waals surface area contributed by atoms with Gasteiger partial charge in [0.1, 0.15) is 0 Å². The summed E-state index contributed by atoms with van der Waals surface area (Å²) in [6, 6.07) is 2.84. The van der Waals surface area contributed by atoms with Gasteiger partial charge in [0.05, 0.1) is 41.5 Å². The van der Waals surface area contributed by atoms with Crippen molar-refractivity contribution in [2.75, 3.05) is 5.32 Å². The number of amides is 1. The van der Waals surface area contributed by atoms with Crippen molar-refractivity contribution in [3.05, 3.63) is 58.9 Å².